The molecule has 2 heterocycles. The van der Waals surface area contributed by atoms with Gasteiger partial charge >= 0.3 is 0 Å². The standard InChI is InChI=1S/C17H20F2N2O2/c1-10-7-21(8-11(2)22-10)9-16-12(3)23-17(20-16)14-5-4-13(18)6-15(14)19/h4-6,10-11H,7-9H2,1-3H3/t10-,11+. The predicted octanol–water partition coefficient (Wildman–Crippen LogP) is 3.54. The fraction of sp³-hybridized carbons (Fsp3) is 0.471. The third-order valence-electron chi connectivity index (χ3n) is 3.92. The van der Waals surface area contributed by atoms with Crippen molar-refractivity contribution < 1.29 is 17.9 Å². The van der Waals surface area contributed by atoms with E-state index in [-0.39, 0.29) is 23.7 Å². The summed E-state index contributed by atoms with van der Waals surface area (Å²) < 4.78 is 38.2. The molecule has 1 aromatic carbocycles. The number of aryl methyl sites for hydroxylation is 1. The lowest BCUT2D eigenvalue weighted by atomic mass is 10.2. The number of ether oxygens (including phenoxy) is 1. The maximum absolute atomic E-state index is 13.9. The van der Waals surface area contributed by atoms with E-state index in [4.69, 9.17) is 9.15 Å². The summed E-state index contributed by atoms with van der Waals surface area (Å²) in [5, 5.41) is 0. The highest BCUT2D eigenvalue weighted by molar-refractivity contribution is 5.54. The van der Waals surface area contributed by atoms with Gasteiger partial charge in [-0.05, 0) is 32.9 Å². The molecule has 3 rings (SSSR count). The number of halogens is 2. The summed E-state index contributed by atoms with van der Waals surface area (Å²) in [6.07, 6.45) is 0.333. The minimum Gasteiger partial charge on any atom is -0.441 e. The quantitative estimate of drug-likeness (QED) is 0.866. The van der Waals surface area contributed by atoms with Crippen molar-refractivity contribution in [1.82, 2.24) is 9.88 Å². The molecular weight excluding hydrogens is 302 g/mol. The summed E-state index contributed by atoms with van der Waals surface area (Å²) in [7, 11) is 0. The van der Waals surface area contributed by atoms with Gasteiger partial charge in [0.1, 0.15) is 17.4 Å². The normalized spacial score (nSPS) is 22.5. The molecule has 1 aromatic heterocycles. The molecule has 0 N–H and O–H groups in total. The molecule has 0 aliphatic carbocycles. The van der Waals surface area contributed by atoms with Crippen LogP contribution in [-0.4, -0.2) is 35.2 Å². The van der Waals surface area contributed by atoms with E-state index in [1.165, 1.54) is 12.1 Å². The van der Waals surface area contributed by atoms with Crippen LogP contribution in [0, 0.1) is 18.6 Å². The lowest BCUT2D eigenvalue weighted by molar-refractivity contribution is -0.0708. The van der Waals surface area contributed by atoms with Crippen molar-refractivity contribution in [2.24, 2.45) is 0 Å². The first-order valence-electron chi connectivity index (χ1n) is 7.72. The topological polar surface area (TPSA) is 38.5 Å². The van der Waals surface area contributed by atoms with Gasteiger partial charge in [-0.15, -0.1) is 0 Å². The Kier molecular flexibility index (Phi) is 4.46. The molecule has 23 heavy (non-hydrogen) atoms. The zero-order valence-corrected chi connectivity index (χ0v) is 13.5. The van der Waals surface area contributed by atoms with Crippen LogP contribution in [0.4, 0.5) is 8.78 Å². The Morgan fingerprint density at radius 3 is 2.57 bits per heavy atom. The number of aromatic nitrogens is 1. The monoisotopic (exact) mass is 322 g/mol. The van der Waals surface area contributed by atoms with Crippen LogP contribution in [0.25, 0.3) is 11.5 Å². The molecule has 0 spiro atoms. The number of oxazole rings is 1. The second kappa shape index (κ2) is 6.37. The zero-order valence-electron chi connectivity index (χ0n) is 13.5. The molecule has 2 atom stereocenters. The fourth-order valence-corrected chi connectivity index (χ4v) is 2.98. The lowest BCUT2D eigenvalue weighted by Crippen LogP contribution is -2.44. The summed E-state index contributed by atoms with van der Waals surface area (Å²) in [5.74, 6) is -0.461. The van der Waals surface area contributed by atoms with E-state index in [9.17, 15) is 8.78 Å². The molecular formula is C17H20F2N2O2. The van der Waals surface area contributed by atoms with Crippen molar-refractivity contribution in [3.63, 3.8) is 0 Å². The number of nitrogens with zero attached hydrogens (tertiary/aromatic N) is 2. The van der Waals surface area contributed by atoms with Crippen LogP contribution in [0.5, 0.6) is 0 Å². The largest absolute Gasteiger partial charge is 0.441 e. The maximum Gasteiger partial charge on any atom is 0.229 e. The van der Waals surface area contributed by atoms with E-state index in [1.807, 2.05) is 13.8 Å². The Morgan fingerprint density at radius 1 is 1.22 bits per heavy atom. The summed E-state index contributed by atoms with van der Waals surface area (Å²) in [5.41, 5.74) is 0.939. The van der Waals surface area contributed by atoms with Crippen LogP contribution in [0.1, 0.15) is 25.3 Å². The molecule has 1 aliphatic rings. The van der Waals surface area contributed by atoms with Crippen molar-refractivity contribution in [2.45, 2.75) is 39.5 Å². The van der Waals surface area contributed by atoms with Crippen molar-refractivity contribution in [2.75, 3.05) is 13.1 Å². The number of rotatable bonds is 3. The second-order valence-electron chi connectivity index (χ2n) is 6.10. The van der Waals surface area contributed by atoms with Crippen molar-refractivity contribution in [1.29, 1.82) is 0 Å². The van der Waals surface area contributed by atoms with Crippen molar-refractivity contribution >= 4 is 0 Å². The Labute approximate surface area is 134 Å². The van der Waals surface area contributed by atoms with Gasteiger partial charge in [0.2, 0.25) is 5.89 Å². The Morgan fingerprint density at radius 2 is 1.91 bits per heavy atom. The van der Waals surface area contributed by atoms with Crippen LogP contribution in [-0.2, 0) is 11.3 Å². The van der Waals surface area contributed by atoms with Gasteiger partial charge in [-0.2, -0.15) is 0 Å². The van der Waals surface area contributed by atoms with Crippen LogP contribution in [0.15, 0.2) is 22.6 Å². The van der Waals surface area contributed by atoms with E-state index in [1.54, 1.807) is 6.92 Å². The van der Waals surface area contributed by atoms with Gasteiger partial charge in [0.15, 0.2) is 0 Å². The summed E-state index contributed by atoms with van der Waals surface area (Å²) in [6.45, 7) is 8.14. The molecule has 1 saturated heterocycles. The molecule has 0 bridgehead atoms. The highest BCUT2D eigenvalue weighted by atomic mass is 19.1. The molecule has 2 aromatic rings. The Balaban J connectivity index is 1.81. The van der Waals surface area contributed by atoms with Crippen molar-refractivity contribution in [3.05, 3.63) is 41.3 Å². The first-order valence-corrected chi connectivity index (χ1v) is 7.72. The van der Waals surface area contributed by atoms with Gasteiger partial charge in [-0.1, -0.05) is 0 Å². The highest BCUT2D eigenvalue weighted by Gasteiger charge is 2.24. The van der Waals surface area contributed by atoms with Gasteiger partial charge in [-0.3, -0.25) is 4.90 Å². The number of benzene rings is 1. The molecule has 0 unspecified atom stereocenters. The lowest BCUT2D eigenvalue weighted by Gasteiger charge is -2.34. The van der Waals surface area contributed by atoms with Crippen LogP contribution < -0.4 is 0 Å². The SMILES string of the molecule is Cc1oc(-c2ccc(F)cc2F)nc1CN1C[C@@H](C)O[C@@H](C)C1. The first kappa shape index (κ1) is 16.1. The van der Waals surface area contributed by atoms with Crippen molar-refractivity contribution in [3.8, 4) is 11.5 Å². The minimum absolute atomic E-state index is 0.167. The van der Waals surface area contributed by atoms with Gasteiger partial charge in [0.25, 0.3) is 0 Å². The average Bonchev–Trinajstić information content (AvgIpc) is 2.78. The van der Waals surface area contributed by atoms with E-state index in [0.29, 0.717) is 12.3 Å². The first-order chi connectivity index (χ1) is 10.9. The van der Waals surface area contributed by atoms with Crippen LogP contribution >= 0.6 is 0 Å². The molecule has 0 amide bonds. The van der Waals surface area contributed by atoms with Crippen LogP contribution in [0.3, 0.4) is 0 Å². The van der Waals surface area contributed by atoms with Gasteiger partial charge < -0.3 is 9.15 Å². The summed E-state index contributed by atoms with van der Waals surface area (Å²) >= 11 is 0. The van der Waals surface area contributed by atoms with Gasteiger partial charge in [0.05, 0.1) is 23.5 Å². The molecule has 4 nitrogen and oxygen atoms in total. The minimum atomic E-state index is -0.675. The number of hydrogen-bond donors (Lipinski definition) is 0. The summed E-state index contributed by atoms with van der Waals surface area (Å²) in [4.78, 5) is 6.65. The number of morpholine rings is 1. The van der Waals surface area contributed by atoms with E-state index in [0.717, 1.165) is 24.8 Å². The fourth-order valence-electron chi connectivity index (χ4n) is 2.98. The zero-order chi connectivity index (χ0) is 16.6. The van der Waals surface area contributed by atoms with Gasteiger partial charge in [0, 0.05) is 25.7 Å². The van der Waals surface area contributed by atoms with Crippen LogP contribution in [0.2, 0.25) is 0 Å². The average molecular weight is 322 g/mol. The maximum atomic E-state index is 13.9. The highest BCUT2D eigenvalue weighted by Crippen LogP contribution is 2.26. The second-order valence-corrected chi connectivity index (χ2v) is 6.10. The molecule has 6 heteroatoms. The Hall–Kier alpha value is -1.79. The number of hydrogen-bond acceptors (Lipinski definition) is 4. The smallest absolute Gasteiger partial charge is 0.229 e. The summed E-state index contributed by atoms with van der Waals surface area (Å²) in [6, 6.07) is 3.38. The van der Waals surface area contributed by atoms with E-state index in [2.05, 4.69) is 9.88 Å². The third-order valence-corrected chi connectivity index (χ3v) is 3.92. The van der Waals surface area contributed by atoms with E-state index >= 15 is 0 Å². The molecule has 124 valence electrons. The Bertz CT molecular complexity index is 692. The third kappa shape index (κ3) is 3.59. The predicted molar refractivity (Wildman–Crippen MR) is 81.9 cm³/mol. The van der Waals surface area contributed by atoms with Gasteiger partial charge in [-0.25, -0.2) is 13.8 Å². The molecule has 1 fully saturated rings. The van der Waals surface area contributed by atoms with E-state index < -0.39 is 11.6 Å². The molecule has 0 radical (unpaired) electrons. The molecule has 0 saturated carbocycles. The molecule has 1 aliphatic heterocycles.